The highest BCUT2D eigenvalue weighted by Crippen LogP contribution is 2.34. The van der Waals surface area contributed by atoms with Crippen LogP contribution in [0, 0.1) is 0 Å². The van der Waals surface area contributed by atoms with E-state index in [1.807, 2.05) is 36.5 Å². The Morgan fingerprint density at radius 2 is 2.03 bits per heavy atom. The van der Waals surface area contributed by atoms with Crippen molar-refractivity contribution >= 4 is 28.8 Å². The van der Waals surface area contributed by atoms with Crippen molar-refractivity contribution in [3.8, 4) is 0 Å². The van der Waals surface area contributed by atoms with Crippen LogP contribution in [0.15, 0.2) is 48.9 Å². The Hall–Kier alpha value is -2.61. The van der Waals surface area contributed by atoms with Crippen molar-refractivity contribution in [2.75, 3.05) is 24.8 Å². The van der Waals surface area contributed by atoms with Crippen molar-refractivity contribution in [3.63, 3.8) is 0 Å². The summed E-state index contributed by atoms with van der Waals surface area (Å²) in [6.07, 6.45) is 8.20. The molecule has 1 saturated heterocycles. The molecule has 0 bridgehead atoms. The fraction of sp³-hybridized carbons (Fsp3) is 0.364. The van der Waals surface area contributed by atoms with E-state index in [-0.39, 0.29) is 12.5 Å². The molecule has 1 aromatic heterocycles. The number of carbonyl (C=O) groups is 1. The molecule has 1 atom stereocenters. The van der Waals surface area contributed by atoms with Crippen molar-refractivity contribution in [1.82, 2.24) is 14.9 Å². The maximum absolute atomic E-state index is 11.0. The number of carboxylic acid groups (broad SMARTS) is 1. The van der Waals surface area contributed by atoms with E-state index in [0.717, 1.165) is 41.3 Å². The highest BCUT2D eigenvalue weighted by molar-refractivity contribution is 6.30. The maximum atomic E-state index is 11.0. The first kappa shape index (κ1) is 20.7. The summed E-state index contributed by atoms with van der Waals surface area (Å²) in [4.78, 5) is 17.4. The lowest BCUT2D eigenvalue weighted by Gasteiger charge is -2.38. The summed E-state index contributed by atoms with van der Waals surface area (Å²) in [5.74, 6) is -0.785. The third-order valence-electron chi connectivity index (χ3n) is 5.73. The molecule has 2 N–H and O–H groups in total. The second-order valence-corrected chi connectivity index (χ2v) is 8.17. The van der Waals surface area contributed by atoms with Crippen LogP contribution in [-0.4, -0.2) is 56.9 Å². The van der Waals surface area contributed by atoms with Crippen molar-refractivity contribution in [3.05, 3.63) is 65.1 Å². The van der Waals surface area contributed by atoms with Gasteiger partial charge in [-0.15, -0.1) is 0 Å². The molecule has 3 heterocycles. The Kier molecular flexibility index (Phi) is 6.22. The van der Waals surface area contributed by atoms with E-state index in [4.69, 9.17) is 16.7 Å². The Balaban J connectivity index is 1.56. The first-order valence-electron chi connectivity index (χ1n) is 10.1. The van der Waals surface area contributed by atoms with Crippen molar-refractivity contribution in [2.24, 2.45) is 0 Å². The number of hydrogen-bond donors (Lipinski definition) is 2. The van der Waals surface area contributed by atoms with Gasteiger partial charge in [0.2, 0.25) is 0 Å². The van der Waals surface area contributed by atoms with E-state index < -0.39 is 5.97 Å². The van der Waals surface area contributed by atoms with E-state index in [0.29, 0.717) is 30.2 Å². The zero-order chi connectivity index (χ0) is 21.1. The number of carboxylic acids is 1. The lowest BCUT2D eigenvalue weighted by Crippen LogP contribution is -2.47. The number of hydrazine groups is 1. The van der Waals surface area contributed by atoms with Crippen LogP contribution >= 0.6 is 11.6 Å². The second kappa shape index (κ2) is 9.04. The molecule has 158 valence electrons. The number of fused-ring (bicyclic) bond motifs is 1. The normalized spacial score (nSPS) is 19.0. The van der Waals surface area contributed by atoms with Crippen LogP contribution in [0.4, 0.5) is 5.69 Å². The number of anilines is 1. The van der Waals surface area contributed by atoms with Crippen LogP contribution in [0.2, 0.25) is 5.02 Å². The zero-order valence-corrected chi connectivity index (χ0v) is 17.4. The largest absolute Gasteiger partial charge is 0.481 e. The topological polar surface area (TPSA) is 80.1 Å². The molecule has 0 spiro atoms. The summed E-state index contributed by atoms with van der Waals surface area (Å²) in [5.41, 5.74) is 3.78. The van der Waals surface area contributed by atoms with Crippen molar-refractivity contribution in [2.45, 2.75) is 31.7 Å². The molecule has 2 aliphatic rings. The van der Waals surface area contributed by atoms with Gasteiger partial charge in [0.05, 0.1) is 19.2 Å². The first-order valence-corrected chi connectivity index (χ1v) is 10.5. The Morgan fingerprint density at radius 3 is 2.80 bits per heavy atom. The van der Waals surface area contributed by atoms with Gasteiger partial charge in [-0.2, -0.15) is 5.17 Å². The number of aromatic nitrogens is 1. The van der Waals surface area contributed by atoms with E-state index in [9.17, 15) is 10.0 Å². The summed E-state index contributed by atoms with van der Waals surface area (Å²) in [6, 6.07) is 9.86. The standard InChI is InChI=1S/C22H25ClN4O3/c23-18-5-3-16(4-6-18)12-17-14-26(27(30)21-13-24-9-7-20(17)21)15-19-2-1-10-25(19)11-8-22(28)29/h3-7,9,13-14,19,30H,1-2,8,10-12,15H2,(H,28,29)/t19-/m1/s1. The molecule has 4 rings (SSSR count). The molecule has 1 fully saturated rings. The SMILES string of the molecule is O=C(O)CCN1CCC[C@@H]1CN1C=C(Cc2ccc(Cl)cc2)c2ccncc2N1O. The van der Waals surface area contributed by atoms with E-state index in [1.54, 1.807) is 17.4 Å². The third kappa shape index (κ3) is 4.59. The third-order valence-corrected chi connectivity index (χ3v) is 5.98. The van der Waals surface area contributed by atoms with Crippen LogP contribution < -0.4 is 5.17 Å². The summed E-state index contributed by atoms with van der Waals surface area (Å²) in [7, 11) is 0. The molecule has 8 heteroatoms. The van der Waals surface area contributed by atoms with Gasteiger partial charge in [-0.25, -0.2) is 0 Å². The van der Waals surface area contributed by atoms with Gasteiger partial charge in [0.25, 0.3) is 0 Å². The molecular formula is C22H25ClN4O3. The Bertz CT molecular complexity index is 934. The maximum Gasteiger partial charge on any atom is 0.304 e. The average molecular weight is 429 g/mol. The van der Waals surface area contributed by atoms with Gasteiger partial charge in [0, 0.05) is 35.6 Å². The fourth-order valence-electron chi connectivity index (χ4n) is 4.20. The predicted molar refractivity (Wildman–Crippen MR) is 115 cm³/mol. The highest BCUT2D eigenvalue weighted by atomic mass is 35.5. The van der Waals surface area contributed by atoms with E-state index in [1.165, 1.54) is 0 Å². The molecule has 7 nitrogen and oxygen atoms in total. The van der Waals surface area contributed by atoms with E-state index in [2.05, 4.69) is 9.88 Å². The number of pyridine rings is 1. The first-order chi connectivity index (χ1) is 14.5. The number of likely N-dealkylation sites (tertiary alicyclic amines) is 1. The lowest BCUT2D eigenvalue weighted by molar-refractivity contribution is -0.137. The summed E-state index contributed by atoms with van der Waals surface area (Å²) in [6.45, 7) is 1.99. The fourth-order valence-corrected chi connectivity index (χ4v) is 4.33. The van der Waals surface area contributed by atoms with Crippen LogP contribution in [0.3, 0.4) is 0 Å². The summed E-state index contributed by atoms with van der Waals surface area (Å²) >= 11 is 6.02. The van der Waals surface area contributed by atoms with Gasteiger partial charge in [-0.3, -0.25) is 24.9 Å². The number of hydrogen-bond acceptors (Lipinski definition) is 6. The minimum absolute atomic E-state index is 0.129. The summed E-state index contributed by atoms with van der Waals surface area (Å²) in [5, 5.41) is 23.5. The molecule has 30 heavy (non-hydrogen) atoms. The number of nitrogens with zero attached hydrogens (tertiary/aromatic N) is 4. The van der Waals surface area contributed by atoms with E-state index >= 15 is 0 Å². The predicted octanol–water partition coefficient (Wildman–Crippen LogP) is 3.68. The monoisotopic (exact) mass is 428 g/mol. The van der Waals surface area contributed by atoms with Gasteiger partial charge < -0.3 is 5.11 Å². The lowest BCUT2D eigenvalue weighted by atomic mass is 9.97. The molecule has 2 aliphatic heterocycles. The van der Waals surface area contributed by atoms with Crippen molar-refractivity contribution < 1.29 is 15.1 Å². The highest BCUT2D eigenvalue weighted by Gasteiger charge is 2.30. The van der Waals surface area contributed by atoms with Gasteiger partial charge in [-0.05, 0) is 55.1 Å². The van der Waals surface area contributed by atoms with Crippen LogP contribution in [0.1, 0.15) is 30.4 Å². The molecule has 2 aromatic rings. The number of aliphatic carboxylic acids is 1. The Morgan fingerprint density at radius 1 is 1.23 bits per heavy atom. The average Bonchev–Trinajstić information content (AvgIpc) is 3.18. The molecule has 0 amide bonds. The van der Waals surface area contributed by atoms with Crippen molar-refractivity contribution in [1.29, 1.82) is 0 Å². The molecular weight excluding hydrogens is 404 g/mol. The number of benzene rings is 1. The number of halogens is 1. The smallest absolute Gasteiger partial charge is 0.304 e. The van der Waals surface area contributed by atoms with Gasteiger partial charge in [-0.1, -0.05) is 23.7 Å². The molecule has 0 radical (unpaired) electrons. The van der Waals surface area contributed by atoms with Crippen LogP contribution in [-0.2, 0) is 11.2 Å². The van der Waals surface area contributed by atoms with Crippen LogP contribution in [0.5, 0.6) is 0 Å². The summed E-state index contributed by atoms with van der Waals surface area (Å²) < 4.78 is 0. The van der Waals surface area contributed by atoms with Gasteiger partial charge >= 0.3 is 5.97 Å². The molecule has 1 aromatic carbocycles. The number of rotatable bonds is 7. The zero-order valence-electron chi connectivity index (χ0n) is 16.6. The van der Waals surface area contributed by atoms with Gasteiger partial charge in [0.1, 0.15) is 5.69 Å². The van der Waals surface area contributed by atoms with Crippen LogP contribution in [0.25, 0.3) is 5.57 Å². The molecule has 0 unspecified atom stereocenters. The molecule has 0 aliphatic carbocycles. The number of allylic oxidation sites excluding steroid dienone is 1. The van der Waals surface area contributed by atoms with Gasteiger partial charge in [0.15, 0.2) is 0 Å². The Labute approximate surface area is 180 Å². The quantitative estimate of drug-likeness (QED) is 0.696. The second-order valence-electron chi connectivity index (χ2n) is 7.74. The minimum Gasteiger partial charge on any atom is -0.481 e. The minimum atomic E-state index is -0.785. The molecule has 0 saturated carbocycles.